The quantitative estimate of drug-likeness (QED) is 0.703. The van der Waals surface area contributed by atoms with Crippen molar-refractivity contribution in [3.05, 3.63) is 35.9 Å². The van der Waals surface area contributed by atoms with Crippen LogP contribution in [0.25, 0.3) is 0 Å². The molecule has 2 aliphatic rings. The van der Waals surface area contributed by atoms with E-state index in [0.29, 0.717) is 6.54 Å². The Labute approximate surface area is 145 Å². The fraction of sp³-hybridized carbons (Fsp3) is 0.471. The van der Waals surface area contributed by atoms with Crippen molar-refractivity contribution in [3.63, 3.8) is 0 Å². The first-order valence-electron chi connectivity index (χ1n) is 8.32. The average Bonchev–Trinajstić information content (AvgIpc) is 3.04. The molecule has 4 atom stereocenters. The number of hydrogen-bond donors (Lipinski definition) is 2. The van der Waals surface area contributed by atoms with Crippen molar-refractivity contribution in [2.75, 3.05) is 6.54 Å². The average molecular weight is 346 g/mol. The van der Waals surface area contributed by atoms with Gasteiger partial charge in [0, 0.05) is 6.54 Å². The Morgan fingerprint density at radius 1 is 1.28 bits per heavy atom. The van der Waals surface area contributed by atoms with E-state index in [-0.39, 0.29) is 18.4 Å². The molecule has 0 aromatic heterocycles. The summed E-state index contributed by atoms with van der Waals surface area (Å²) in [5.41, 5.74) is 6.57. The van der Waals surface area contributed by atoms with E-state index < -0.39 is 30.1 Å². The molecule has 3 rings (SSSR count). The number of nitrogens with one attached hydrogen (secondary N) is 1. The van der Waals surface area contributed by atoms with Crippen LogP contribution in [0.5, 0.6) is 0 Å². The van der Waals surface area contributed by atoms with Crippen LogP contribution >= 0.6 is 0 Å². The highest BCUT2D eigenvalue weighted by Gasteiger charge is 2.59. The second-order valence-corrected chi connectivity index (χ2v) is 6.28. The zero-order chi connectivity index (χ0) is 18.1. The first kappa shape index (κ1) is 17.5. The number of hydroxylamine groups is 2. The number of likely N-dealkylation sites (tertiary alicyclic amines) is 1. The summed E-state index contributed by atoms with van der Waals surface area (Å²) in [6.45, 7) is 3.91. The van der Waals surface area contributed by atoms with Crippen LogP contribution in [0.3, 0.4) is 0 Å². The van der Waals surface area contributed by atoms with Gasteiger partial charge < -0.3 is 11.1 Å². The van der Waals surface area contributed by atoms with Crippen LogP contribution in [-0.4, -0.2) is 52.5 Å². The summed E-state index contributed by atoms with van der Waals surface area (Å²) in [4.78, 5) is 44.0. The van der Waals surface area contributed by atoms with Crippen LogP contribution in [0.1, 0.15) is 19.4 Å². The van der Waals surface area contributed by atoms with E-state index in [9.17, 15) is 14.4 Å². The lowest BCUT2D eigenvalue weighted by Gasteiger charge is -2.27. The highest BCUT2D eigenvalue weighted by atomic mass is 16.7. The molecule has 0 radical (unpaired) electrons. The van der Waals surface area contributed by atoms with E-state index in [0.717, 1.165) is 5.56 Å². The molecule has 0 aliphatic carbocycles. The van der Waals surface area contributed by atoms with Gasteiger partial charge >= 0.3 is 0 Å². The van der Waals surface area contributed by atoms with Crippen molar-refractivity contribution < 1.29 is 19.2 Å². The second kappa shape index (κ2) is 6.91. The number of nitrogens with zero attached hydrogens (tertiary/aromatic N) is 2. The smallest absolute Gasteiger partial charge is 0.261 e. The standard InChI is InChI=1S/C17H22N4O4/c1-3-20-16(23)12-13(17(20)24)25-21(9-11-7-5-4-6-8-11)14(12)19-15(22)10(2)18/h4-8,10,12-14H,3,9,18H2,1-2H3,(H,19,22)/t10-,12+,13+,14+/m0/s1. The number of carbonyl (C=O) groups excluding carboxylic acids is 3. The van der Waals surface area contributed by atoms with E-state index in [2.05, 4.69) is 5.32 Å². The fourth-order valence-electron chi connectivity index (χ4n) is 3.18. The van der Waals surface area contributed by atoms with Gasteiger partial charge in [-0.15, -0.1) is 0 Å². The van der Waals surface area contributed by atoms with Gasteiger partial charge in [0.05, 0.1) is 12.6 Å². The van der Waals surface area contributed by atoms with E-state index in [1.165, 1.54) is 9.96 Å². The van der Waals surface area contributed by atoms with Crippen LogP contribution in [0, 0.1) is 5.92 Å². The Hall–Kier alpha value is -2.29. The number of likely N-dealkylation sites (N-methyl/N-ethyl adjacent to an activating group) is 1. The van der Waals surface area contributed by atoms with Gasteiger partial charge in [-0.2, -0.15) is 5.06 Å². The SMILES string of the molecule is CCN1C(=O)[C@@H]2[C@@H](ON(Cc3ccccc3)[C@H]2NC(=O)[C@H](C)N)C1=O. The molecule has 1 aromatic carbocycles. The zero-order valence-electron chi connectivity index (χ0n) is 14.2. The second-order valence-electron chi connectivity index (χ2n) is 6.28. The van der Waals surface area contributed by atoms with Crippen LogP contribution in [0.2, 0.25) is 0 Å². The number of amides is 3. The maximum Gasteiger partial charge on any atom is 0.261 e. The number of rotatable bonds is 5. The highest BCUT2D eigenvalue weighted by Crippen LogP contribution is 2.35. The molecule has 3 N–H and O–H groups in total. The predicted molar refractivity (Wildman–Crippen MR) is 88.3 cm³/mol. The summed E-state index contributed by atoms with van der Waals surface area (Å²) in [5.74, 6) is -1.86. The van der Waals surface area contributed by atoms with Gasteiger partial charge in [-0.3, -0.25) is 24.1 Å². The van der Waals surface area contributed by atoms with Crippen LogP contribution in [-0.2, 0) is 25.8 Å². The summed E-state index contributed by atoms with van der Waals surface area (Å²) in [6.07, 6.45) is -1.65. The molecule has 2 fully saturated rings. The topological polar surface area (TPSA) is 105 Å². The Bertz CT molecular complexity index is 678. The molecular weight excluding hydrogens is 324 g/mol. The number of hydrogen-bond acceptors (Lipinski definition) is 6. The van der Waals surface area contributed by atoms with Crippen molar-refractivity contribution in [2.45, 2.75) is 38.7 Å². The Morgan fingerprint density at radius 3 is 2.56 bits per heavy atom. The molecule has 2 heterocycles. The molecule has 3 amide bonds. The number of imide groups is 1. The molecule has 0 spiro atoms. The van der Waals surface area contributed by atoms with Crippen LogP contribution < -0.4 is 11.1 Å². The fourth-order valence-corrected chi connectivity index (χ4v) is 3.18. The number of benzene rings is 1. The summed E-state index contributed by atoms with van der Waals surface area (Å²) in [7, 11) is 0. The van der Waals surface area contributed by atoms with E-state index in [1.807, 2.05) is 30.3 Å². The van der Waals surface area contributed by atoms with Gasteiger partial charge in [0.2, 0.25) is 11.8 Å². The summed E-state index contributed by atoms with van der Waals surface area (Å²) in [6, 6.07) is 8.75. The minimum atomic E-state index is -0.908. The van der Waals surface area contributed by atoms with Gasteiger partial charge in [0.15, 0.2) is 6.10 Å². The third kappa shape index (κ3) is 3.15. The lowest BCUT2D eigenvalue weighted by Crippen LogP contribution is -2.53. The Kier molecular flexibility index (Phi) is 4.85. The lowest BCUT2D eigenvalue weighted by atomic mass is 10.0. The molecule has 8 heteroatoms. The molecule has 25 heavy (non-hydrogen) atoms. The van der Waals surface area contributed by atoms with Gasteiger partial charge in [0.25, 0.3) is 5.91 Å². The molecule has 0 bridgehead atoms. The van der Waals surface area contributed by atoms with Gasteiger partial charge in [-0.1, -0.05) is 30.3 Å². The molecule has 2 saturated heterocycles. The van der Waals surface area contributed by atoms with E-state index in [1.54, 1.807) is 13.8 Å². The summed E-state index contributed by atoms with van der Waals surface area (Å²) in [5, 5.41) is 4.25. The molecule has 0 saturated carbocycles. The van der Waals surface area contributed by atoms with Crippen LogP contribution in [0.4, 0.5) is 0 Å². The molecular formula is C17H22N4O4. The molecule has 2 aliphatic heterocycles. The normalized spacial score (nSPS) is 27.5. The number of carbonyl (C=O) groups is 3. The van der Waals surface area contributed by atoms with Crippen molar-refractivity contribution in [2.24, 2.45) is 11.7 Å². The monoisotopic (exact) mass is 346 g/mol. The minimum absolute atomic E-state index is 0.278. The Morgan fingerprint density at radius 2 is 1.96 bits per heavy atom. The Balaban J connectivity index is 1.86. The minimum Gasteiger partial charge on any atom is -0.336 e. The van der Waals surface area contributed by atoms with Crippen molar-refractivity contribution in [1.29, 1.82) is 0 Å². The highest BCUT2D eigenvalue weighted by molar-refractivity contribution is 6.07. The zero-order valence-corrected chi connectivity index (χ0v) is 14.2. The van der Waals surface area contributed by atoms with Crippen molar-refractivity contribution in [1.82, 2.24) is 15.3 Å². The molecule has 8 nitrogen and oxygen atoms in total. The van der Waals surface area contributed by atoms with Gasteiger partial charge in [-0.05, 0) is 19.4 Å². The first-order valence-corrected chi connectivity index (χ1v) is 8.32. The van der Waals surface area contributed by atoms with Gasteiger partial charge in [0.1, 0.15) is 12.1 Å². The van der Waals surface area contributed by atoms with Crippen molar-refractivity contribution >= 4 is 17.7 Å². The first-order chi connectivity index (χ1) is 11.9. The lowest BCUT2D eigenvalue weighted by molar-refractivity contribution is -0.186. The predicted octanol–water partition coefficient (Wildman–Crippen LogP) is -0.403. The van der Waals surface area contributed by atoms with Gasteiger partial charge in [-0.25, -0.2) is 0 Å². The third-order valence-electron chi connectivity index (χ3n) is 4.49. The van der Waals surface area contributed by atoms with E-state index in [4.69, 9.17) is 10.6 Å². The third-order valence-corrected chi connectivity index (χ3v) is 4.49. The van der Waals surface area contributed by atoms with Crippen molar-refractivity contribution in [3.8, 4) is 0 Å². The number of nitrogens with two attached hydrogens (primary N) is 1. The largest absolute Gasteiger partial charge is 0.336 e. The summed E-state index contributed by atoms with van der Waals surface area (Å²) >= 11 is 0. The maximum absolute atomic E-state index is 12.6. The molecule has 1 aromatic rings. The molecule has 0 unspecified atom stereocenters. The maximum atomic E-state index is 12.6. The number of fused-ring (bicyclic) bond motifs is 1. The summed E-state index contributed by atoms with van der Waals surface area (Å²) < 4.78 is 0. The van der Waals surface area contributed by atoms with E-state index >= 15 is 0 Å². The molecule has 134 valence electrons. The van der Waals surface area contributed by atoms with Crippen LogP contribution in [0.15, 0.2) is 30.3 Å².